The fourth-order valence-electron chi connectivity index (χ4n) is 2.30. The van der Waals surface area contributed by atoms with E-state index in [-0.39, 0.29) is 18.4 Å². The van der Waals surface area contributed by atoms with Crippen LogP contribution in [0.15, 0.2) is 24.3 Å². The van der Waals surface area contributed by atoms with Crippen LogP contribution in [0.5, 0.6) is 0 Å². The second kappa shape index (κ2) is 7.05. The molecule has 1 aromatic carbocycles. The van der Waals surface area contributed by atoms with Crippen molar-refractivity contribution in [2.45, 2.75) is 19.3 Å². The van der Waals surface area contributed by atoms with Gasteiger partial charge in [0.25, 0.3) is 5.91 Å². The summed E-state index contributed by atoms with van der Waals surface area (Å²) >= 11 is 0. The first-order valence-electron chi connectivity index (χ1n) is 6.89. The third kappa shape index (κ3) is 3.81. The number of benzene rings is 1. The lowest BCUT2D eigenvalue weighted by atomic mass is 10.1. The Morgan fingerprint density at radius 1 is 1.15 bits per heavy atom. The molecule has 1 fully saturated rings. The molecule has 1 aliphatic heterocycles. The van der Waals surface area contributed by atoms with Crippen molar-refractivity contribution in [3.05, 3.63) is 29.8 Å². The first kappa shape index (κ1) is 14.5. The summed E-state index contributed by atoms with van der Waals surface area (Å²) in [7, 11) is 1.47. The highest BCUT2D eigenvalue weighted by Crippen LogP contribution is 2.15. The van der Waals surface area contributed by atoms with Gasteiger partial charge in [0.15, 0.2) is 0 Å². The summed E-state index contributed by atoms with van der Waals surface area (Å²) in [6.07, 6.45) is 3.36. The van der Waals surface area contributed by atoms with Gasteiger partial charge in [-0.3, -0.25) is 9.59 Å². The summed E-state index contributed by atoms with van der Waals surface area (Å²) in [6.45, 7) is 1.70. The molecule has 108 valence electrons. The van der Waals surface area contributed by atoms with E-state index in [9.17, 15) is 9.59 Å². The van der Waals surface area contributed by atoms with Crippen LogP contribution in [0.3, 0.4) is 0 Å². The van der Waals surface area contributed by atoms with Crippen molar-refractivity contribution in [2.24, 2.45) is 0 Å². The number of nitrogens with zero attached hydrogens (tertiary/aromatic N) is 1. The Balaban J connectivity index is 1.96. The van der Waals surface area contributed by atoms with E-state index >= 15 is 0 Å². The van der Waals surface area contributed by atoms with E-state index in [4.69, 9.17) is 4.74 Å². The van der Waals surface area contributed by atoms with Crippen LogP contribution in [0.2, 0.25) is 0 Å². The number of amides is 2. The summed E-state index contributed by atoms with van der Waals surface area (Å²) in [6, 6.07) is 6.98. The molecule has 0 spiro atoms. The number of piperidine rings is 1. The molecule has 1 aromatic rings. The summed E-state index contributed by atoms with van der Waals surface area (Å²) in [5, 5.41) is 2.70. The summed E-state index contributed by atoms with van der Waals surface area (Å²) in [4.78, 5) is 25.5. The van der Waals surface area contributed by atoms with E-state index in [1.54, 1.807) is 24.3 Å². The lowest BCUT2D eigenvalue weighted by Crippen LogP contribution is -2.35. The number of anilines is 1. The number of hydrogen-bond acceptors (Lipinski definition) is 3. The maximum absolute atomic E-state index is 12.3. The number of likely N-dealkylation sites (tertiary alicyclic amines) is 1. The van der Waals surface area contributed by atoms with E-state index in [0.717, 1.165) is 25.9 Å². The van der Waals surface area contributed by atoms with Crippen LogP contribution in [0, 0.1) is 0 Å². The number of ether oxygens (including phenoxy) is 1. The third-order valence-electron chi connectivity index (χ3n) is 3.33. The van der Waals surface area contributed by atoms with Crippen LogP contribution in [0.25, 0.3) is 0 Å². The van der Waals surface area contributed by atoms with Crippen molar-refractivity contribution in [2.75, 3.05) is 32.1 Å². The highest BCUT2D eigenvalue weighted by molar-refractivity contribution is 5.96. The minimum atomic E-state index is -0.206. The summed E-state index contributed by atoms with van der Waals surface area (Å²) in [5.41, 5.74) is 1.33. The van der Waals surface area contributed by atoms with Gasteiger partial charge in [0.1, 0.15) is 6.61 Å². The molecular weight excluding hydrogens is 256 g/mol. The Hall–Kier alpha value is -1.88. The maximum atomic E-state index is 12.3. The van der Waals surface area contributed by atoms with Crippen LogP contribution < -0.4 is 5.32 Å². The quantitative estimate of drug-likeness (QED) is 0.913. The fourth-order valence-corrected chi connectivity index (χ4v) is 2.30. The van der Waals surface area contributed by atoms with E-state index in [1.165, 1.54) is 13.5 Å². The molecule has 0 radical (unpaired) electrons. The number of nitrogens with one attached hydrogen (secondary N) is 1. The molecule has 1 heterocycles. The lowest BCUT2D eigenvalue weighted by molar-refractivity contribution is -0.119. The Kier molecular flexibility index (Phi) is 5.12. The highest BCUT2D eigenvalue weighted by Gasteiger charge is 2.17. The molecular formula is C15H20N2O3. The Labute approximate surface area is 118 Å². The largest absolute Gasteiger partial charge is 0.375 e. The first-order valence-corrected chi connectivity index (χ1v) is 6.89. The van der Waals surface area contributed by atoms with E-state index in [0.29, 0.717) is 11.3 Å². The van der Waals surface area contributed by atoms with Crippen molar-refractivity contribution in [3.63, 3.8) is 0 Å². The molecule has 0 atom stereocenters. The summed E-state index contributed by atoms with van der Waals surface area (Å²) < 4.78 is 4.74. The average Bonchev–Trinajstić information content (AvgIpc) is 2.48. The second-order valence-electron chi connectivity index (χ2n) is 4.91. The van der Waals surface area contributed by atoms with E-state index < -0.39 is 0 Å². The maximum Gasteiger partial charge on any atom is 0.253 e. The van der Waals surface area contributed by atoms with Gasteiger partial charge in [-0.15, -0.1) is 0 Å². The zero-order chi connectivity index (χ0) is 14.4. The molecule has 0 aromatic heterocycles. The van der Waals surface area contributed by atoms with Gasteiger partial charge < -0.3 is 15.0 Å². The molecule has 0 unspecified atom stereocenters. The Morgan fingerprint density at radius 2 is 1.80 bits per heavy atom. The molecule has 20 heavy (non-hydrogen) atoms. The van der Waals surface area contributed by atoms with Gasteiger partial charge in [0.2, 0.25) is 5.91 Å². The molecule has 5 nitrogen and oxygen atoms in total. The van der Waals surface area contributed by atoms with Crippen LogP contribution >= 0.6 is 0 Å². The van der Waals surface area contributed by atoms with Crippen LogP contribution in [-0.2, 0) is 9.53 Å². The molecule has 2 rings (SSSR count). The molecule has 5 heteroatoms. The van der Waals surface area contributed by atoms with Crippen molar-refractivity contribution in [3.8, 4) is 0 Å². The van der Waals surface area contributed by atoms with Gasteiger partial charge in [0.05, 0.1) is 0 Å². The van der Waals surface area contributed by atoms with Crippen LogP contribution in [0.4, 0.5) is 5.69 Å². The number of carbonyl (C=O) groups excluding carboxylic acids is 2. The first-order chi connectivity index (χ1) is 9.70. The predicted octanol–water partition coefficient (Wildman–Crippen LogP) is 1.90. The van der Waals surface area contributed by atoms with Crippen molar-refractivity contribution in [1.82, 2.24) is 4.90 Å². The van der Waals surface area contributed by atoms with E-state index in [2.05, 4.69) is 5.32 Å². The number of methoxy groups -OCH3 is 1. The minimum absolute atomic E-state index is 0.0223. The standard InChI is InChI=1S/C15H20N2O3/c1-20-11-14(18)16-13-7-5-12(6-8-13)15(19)17-9-3-2-4-10-17/h5-8H,2-4,9-11H2,1H3,(H,16,18). The van der Waals surface area contributed by atoms with Crippen molar-refractivity contribution >= 4 is 17.5 Å². The Bertz CT molecular complexity index is 465. The lowest BCUT2D eigenvalue weighted by Gasteiger charge is -2.26. The van der Waals surface area contributed by atoms with Crippen LogP contribution in [-0.4, -0.2) is 43.5 Å². The monoisotopic (exact) mass is 276 g/mol. The predicted molar refractivity (Wildman–Crippen MR) is 76.7 cm³/mol. The number of hydrogen-bond donors (Lipinski definition) is 1. The smallest absolute Gasteiger partial charge is 0.253 e. The third-order valence-corrected chi connectivity index (χ3v) is 3.33. The Morgan fingerprint density at radius 3 is 2.40 bits per heavy atom. The van der Waals surface area contributed by atoms with Gasteiger partial charge in [-0.05, 0) is 43.5 Å². The second-order valence-corrected chi connectivity index (χ2v) is 4.91. The van der Waals surface area contributed by atoms with Gasteiger partial charge in [-0.2, -0.15) is 0 Å². The summed E-state index contributed by atoms with van der Waals surface area (Å²) in [5.74, 6) is -0.137. The topological polar surface area (TPSA) is 58.6 Å². The minimum Gasteiger partial charge on any atom is -0.375 e. The van der Waals surface area contributed by atoms with Gasteiger partial charge in [-0.1, -0.05) is 0 Å². The zero-order valence-corrected chi connectivity index (χ0v) is 11.7. The zero-order valence-electron chi connectivity index (χ0n) is 11.7. The average molecular weight is 276 g/mol. The van der Waals surface area contributed by atoms with Gasteiger partial charge in [0, 0.05) is 31.5 Å². The van der Waals surface area contributed by atoms with Gasteiger partial charge in [-0.25, -0.2) is 0 Å². The number of carbonyl (C=O) groups is 2. The van der Waals surface area contributed by atoms with E-state index in [1.807, 2.05) is 4.90 Å². The SMILES string of the molecule is COCC(=O)Nc1ccc(C(=O)N2CCCCC2)cc1. The number of rotatable bonds is 4. The molecule has 0 aliphatic carbocycles. The van der Waals surface area contributed by atoms with Crippen molar-refractivity contribution in [1.29, 1.82) is 0 Å². The van der Waals surface area contributed by atoms with Crippen LogP contribution in [0.1, 0.15) is 29.6 Å². The fraction of sp³-hybridized carbons (Fsp3) is 0.467. The molecule has 1 saturated heterocycles. The molecule has 1 aliphatic rings. The molecule has 0 saturated carbocycles. The molecule has 2 amide bonds. The van der Waals surface area contributed by atoms with Crippen molar-refractivity contribution < 1.29 is 14.3 Å². The normalized spacial score (nSPS) is 14.9. The molecule has 1 N–H and O–H groups in total. The highest BCUT2D eigenvalue weighted by atomic mass is 16.5. The van der Waals surface area contributed by atoms with Gasteiger partial charge >= 0.3 is 0 Å². The molecule has 0 bridgehead atoms.